The summed E-state index contributed by atoms with van der Waals surface area (Å²) in [7, 11) is 0. The number of hydrogen-bond donors (Lipinski definition) is 0. The Morgan fingerprint density at radius 1 is 0.719 bits per heavy atom. The van der Waals surface area contributed by atoms with Gasteiger partial charge in [0, 0.05) is 10.9 Å². The number of fused-ring (bicyclic) bond motifs is 1. The largest absolute Gasteiger partial charge is 0.257 e. The van der Waals surface area contributed by atoms with Gasteiger partial charge in [0.05, 0.1) is 24.6 Å². The van der Waals surface area contributed by atoms with Gasteiger partial charge in [-0.3, -0.25) is 4.68 Å². The average molecular weight is 426 g/mol. The molecule has 3 aromatic carbocycles. The number of halogens is 2. The minimum absolute atomic E-state index is 0.0769. The minimum atomic E-state index is -0.453. The summed E-state index contributed by atoms with van der Waals surface area (Å²) in [6.45, 7) is 0.0769. The molecule has 0 N–H and O–H groups in total. The second-order valence-electron chi connectivity index (χ2n) is 7.03. The molecule has 0 aliphatic heterocycles. The van der Waals surface area contributed by atoms with Gasteiger partial charge in [0.2, 0.25) is 0 Å². The van der Waals surface area contributed by atoms with Crippen LogP contribution in [0, 0.1) is 11.6 Å². The molecule has 6 nitrogen and oxygen atoms in total. The molecule has 2 heterocycles. The maximum atomic E-state index is 14.7. The van der Waals surface area contributed by atoms with Gasteiger partial charge in [0.15, 0.2) is 5.82 Å². The van der Waals surface area contributed by atoms with Gasteiger partial charge in [0.1, 0.15) is 28.5 Å². The lowest BCUT2D eigenvalue weighted by atomic mass is 10.2. The molecule has 8 heteroatoms. The number of rotatable bonds is 5. The number of para-hydroxylation sites is 1. The topological polar surface area (TPSA) is 68.3 Å². The van der Waals surface area contributed by atoms with Crippen LogP contribution in [-0.2, 0) is 6.54 Å². The van der Waals surface area contributed by atoms with Crippen LogP contribution in [0.15, 0.2) is 95.4 Å². The molecule has 2 aromatic heterocycles. The predicted octanol–water partition coefficient (Wildman–Crippen LogP) is 6.24. The summed E-state index contributed by atoms with van der Waals surface area (Å²) in [6, 6.07) is 20.3. The van der Waals surface area contributed by atoms with Crippen molar-refractivity contribution < 1.29 is 8.78 Å². The first kappa shape index (κ1) is 19.6. The lowest BCUT2D eigenvalue weighted by Crippen LogP contribution is -2.05. The molecule has 0 fully saturated rings. The number of hydrogen-bond acceptors (Lipinski definition) is 5. The molecule has 156 valence electrons. The summed E-state index contributed by atoms with van der Waals surface area (Å²) in [5, 5.41) is 13.3. The Bertz CT molecular complexity index is 1410. The van der Waals surface area contributed by atoms with Gasteiger partial charge in [-0.15, -0.1) is 5.11 Å². The summed E-state index contributed by atoms with van der Waals surface area (Å²) >= 11 is 0. The van der Waals surface area contributed by atoms with Crippen molar-refractivity contribution in [3.8, 4) is 11.5 Å². The van der Waals surface area contributed by atoms with E-state index in [0.29, 0.717) is 33.8 Å². The highest BCUT2D eigenvalue weighted by atomic mass is 19.1. The number of aromatic nitrogens is 4. The summed E-state index contributed by atoms with van der Waals surface area (Å²) in [5.41, 5.74) is 2.26. The normalized spacial score (nSPS) is 11.4. The molecule has 32 heavy (non-hydrogen) atoms. The summed E-state index contributed by atoms with van der Waals surface area (Å²) < 4.78 is 30.3. The van der Waals surface area contributed by atoms with E-state index < -0.39 is 5.82 Å². The van der Waals surface area contributed by atoms with E-state index in [2.05, 4.69) is 25.3 Å². The Morgan fingerprint density at radius 2 is 1.41 bits per heavy atom. The summed E-state index contributed by atoms with van der Waals surface area (Å²) in [6.07, 6.45) is 3.05. The first-order valence-corrected chi connectivity index (χ1v) is 9.87. The van der Waals surface area contributed by atoms with Crippen LogP contribution in [0.1, 0.15) is 5.56 Å². The molecule has 0 aliphatic rings. The van der Waals surface area contributed by atoms with E-state index in [1.807, 2.05) is 30.3 Å². The summed E-state index contributed by atoms with van der Waals surface area (Å²) in [5.74, 6) is -0.518. The molecule has 0 atom stereocenters. The van der Waals surface area contributed by atoms with Crippen molar-refractivity contribution in [2.75, 3.05) is 0 Å². The Labute approximate surface area is 181 Å². The number of benzene rings is 3. The highest BCUT2D eigenvalue weighted by Crippen LogP contribution is 2.29. The van der Waals surface area contributed by atoms with Crippen molar-refractivity contribution in [2.45, 2.75) is 6.54 Å². The second kappa shape index (κ2) is 8.43. The van der Waals surface area contributed by atoms with Crippen molar-refractivity contribution in [2.24, 2.45) is 10.2 Å². The molecular weight excluding hydrogens is 410 g/mol. The summed E-state index contributed by atoms with van der Waals surface area (Å²) in [4.78, 5) is 8.68. The molecule has 0 amide bonds. The minimum Gasteiger partial charge on any atom is -0.257 e. The highest BCUT2D eigenvalue weighted by Gasteiger charge is 2.18. The zero-order valence-electron chi connectivity index (χ0n) is 16.7. The molecule has 5 rings (SSSR count). The van der Waals surface area contributed by atoms with Gasteiger partial charge in [-0.25, -0.2) is 18.7 Å². The van der Waals surface area contributed by atoms with E-state index in [1.165, 1.54) is 29.2 Å². The zero-order chi connectivity index (χ0) is 21.9. The third-order valence-corrected chi connectivity index (χ3v) is 4.89. The monoisotopic (exact) mass is 426 g/mol. The van der Waals surface area contributed by atoms with Gasteiger partial charge in [-0.05, 0) is 24.3 Å². The molecule has 0 saturated carbocycles. The Balaban J connectivity index is 1.51. The van der Waals surface area contributed by atoms with Crippen molar-refractivity contribution in [3.63, 3.8) is 0 Å². The maximum Gasteiger partial charge on any atom is 0.180 e. The van der Waals surface area contributed by atoms with Gasteiger partial charge in [-0.1, -0.05) is 48.5 Å². The predicted molar refractivity (Wildman–Crippen MR) is 117 cm³/mol. The van der Waals surface area contributed by atoms with E-state index in [0.717, 1.165) is 0 Å². The second-order valence-corrected chi connectivity index (χ2v) is 7.03. The van der Waals surface area contributed by atoms with Crippen LogP contribution in [0.2, 0.25) is 0 Å². The number of nitrogens with zero attached hydrogens (tertiary/aromatic N) is 6. The van der Waals surface area contributed by atoms with E-state index in [4.69, 9.17) is 0 Å². The quantitative estimate of drug-likeness (QED) is 0.313. The average Bonchev–Trinajstić information content (AvgIpc) is 3.20. The fourth-order valence-corrected chi connectivity index (χ4v) is 3.37. The van der Waals surface area contributed by atoms with E-state index in [1.54, 1.807) is 30.3 Å². The molecule has 0 radical (unpaired) electrons. The SMILES string of the molecule is Fc1ccccc1Cn1nc(-c2ncc(N=Nc3ccccc3)cn2)c2cccc(F)c21. The molecule has 0 bridgehead atoms. The van der Waals surface area contributed by atoms with Gasteiger partial charge in [0.25, 0.3) is 0 Å². The molecular formula is C24H16F2N6. The van der Waals surface area contributed by atoms with Crippen LogP contribution in [0.3, 0.4) is 0 Å². The van der Waals surface area contributed by atoms with Crippen molar-refractivity contribution in [3.05, 3.63) is 102 Å². The Hall–Kier alpha value is -4.33. The van der Waals surface area contributed by atoms with Crippen molar-refractivity contribution in [1.82, 2.24) is 19.7 Å². The van der Waals surface area contributed by atoms with Gasteiger partial charge >= 0.3 is 0 Å². The molecule has 0 aliphatic carbocycles. The van der Waals surface area contributed by atoms with E-state index in [9.17, 15) is 8.78 Å². The molecule has 0 saturated heterocycles. The van der Waals surface area contributed by atoms with Crippen LogP contribution in [0.25, 0.3) is 22.4 Å². The Kier molecular flexibility index (Phi) is 5.17. The maximum absolute atomic E-state index is 14.7. The van der Waals surface area contributed by atoms with E-state index in [-0.39, 0.29) is 17.9 Å². The third-order valence-electron chi connectivity index (χ3n) is 4.89. The first-order chi connectivity index (χ1) is 15.7. The zero-order valence-corrected chi connectivity index (χ0v) is 16.7. The van der Waals surface area contributed by atoms with Crippen LogP contribution in [0.5, 0.6) is 0 Å². The van der Waals surface area contributed by atoms with Gasteiger partial charge < -0.3 is 0 Å². The first-order valence-electron chi connectivity index (χ1n) is 9.87. The fraction of sp³-hybridized carbons (Fsp3) is 0.0417. The standard InChI is InChI=1S/C24H16F2N6/c25-20-11-5-4-7-16(20)15-32-23-19(10-6-12-21(23)26)22(31-32)24-27-13-18(14-28-24)30-29-17-8-2-1-3-9-17/h1-14H,15H2. The Morgan fingerprint density at radius 3 is 2.19 bits per heavy atom. The molecule has 0 spiro atoms. The molecule has 5 aromatic rings. The highest BCUT2D eigenvalue weighted by molar-refractivity contribution is 5.92. The lowest BCUT2D eigenvalue weighted by Gasteiger charge is -2.05. The van der Waals surface area contributed by atoms with Crippen LogP contribution in [0.4, 0.5) is 20.2 Å². The van der Waals surface area contributed by atoms with Crippen LogP contribution < -0.4 is 0 Å². The van der Waals surface area contributed by atoms with Crippen molar-refractivity contribution >= 4 is 22.3 Å². The number of azo groups is 1. The molecule has 0 unspecified atom stereocenters. The third kappa shape index (κ3) is 3.85. The lowest BCUT2D eigenvalue weighted by molar-refractivity contribution is 0.581. The van der Waals surface area contributed by atoms with E-state index >= 15 is 0 Å². The van der Waals surface area contributed by atoms with Crippen LogP contribution in [-0.4, -0.2) is 19.7 Å². The van der Waals surface area contributed by atoms with Gasteiger partial charge in [-0.2, -0.15) is 10.2 Å². The van der Waals surface area contributed by atoms with Crippen LogP contribution >= 0.6 is 0 Å². The smallest absolute Gasteiger partial charge is 0.180 e. The fourth-order valence-electron chi connectivity index (χ4n) is 3.37. The van der Waals surface area contributed by atoms with Crippen molar-refractivity contribution in [1.29, 1.82) is 0 Å².